The Labute approximate surface area is 176 Å². The van der Waals surface area contributed by atoms with Gasteiger partial charge in [-0.3, -0.25) is 14.9 Å². The first-order chi connectivity index (χ1) is 14.0. The maximum atomic E-state index is 12.8. The van der Waals surface area contributed by atoms with Crippen molar-refractivity contribution in [3.05, 3.63) is 69.7 Å². The number of anilines is 2. The van der Waals surface area contributed by atoms with E-state index < -0.39 is 0 Å². The van der Waals surface area contributed by atoms with Crippen molar-refractivity contribution in [3.63, 3.8) is 0 Å². The number of hydrogen-bond donors (Lipinski definition) is 2. The lowest BCUT2D eigenvalue weighted by atomic mass is 10.1. The number of benzene rings is 2. The number of amides is 2. The molecule has 0 saturated heterocycles. The van der Waals surface area contributed by atoms with E-state index in [1.54, 1.807) is 30.3 Å². The normalized spacial score (nSPS) is 14.9. The van der Waals surface area contributed by atoms with Crippen LogP contribution in [0, 0.1) is 0 Å². The summed E-state index contributed by atoms with van der Waals surface area (Å²) < 4.78 is 5.13. The van der Waals surface area contributed by atoms with Crippen LogP contribution in [0.2, 0.25) is 5.02 Å². The summed E-state index contributed by atoms with van der Waals surface area (Å²) in [6.07, 6.45) is 1.45. The number of methoxy groups -OCH3 is 1. The fraction of sp³-hybridized carbons (Fsp3) is 0.190. The molecular weight excluding hydrogens is 410 g/mol. The van der Waals surface area contributed by atoms with E-state index in [4.69, 9.17) is 16.3 Å². The van der Waals surface area contributed by atoms with Gasteiger partial charge in [-0.05, 0) is 43.2 Å². The lowest BCUT2D eigenvalue weighted by Crippen LogP contribution is -2.20. The summed E-state index contributed by atoms with van der Waals surface area (Å²) in [6.45, 7) is 0. The van der Waals surface area contributed by atoms with Crippen LogP contribution in [-0.2, 0) is 11.2 Å². The quantitative estimate of drug-likeness (QED) is 0.617. The Morgan fingerprint density at radius 1 is 1.17 bits per heavy atom. The van der Waals surface area contributed by atoms with E-state index in [1.807, 2.05) is 18.2 Å². The minimum absolute atomic E-state index is 0.142. The van der Waals surface area contributed by atoms with Gasteiger partial charge in [-0.1, -0.05) is 29.8 Å². The summed E-state index contributed by atoms with van der Waals surface area (Å²) in [5.41, 5.74) is 1.89. The minimum Gasteiger partial charge on any atom is -0.495 e. The van der Waals surface area contributed by atoms with Gasteiger partial charge >= 0.3 is 0 Å². The number of carbonyl (C=O) groups is 2. The molecule has 1 aliphatic carbocycles. The molecule has 8 heteroatoms. The van der Waals surface area contributed by atoms with Crippen LogP contribution in [0.15, 0.2) is 48.5 Å². The van der Waals surface area contributed by atoms with E-state index in [-0.39, 0.29) is 17.7 Å². The number of carbonyl (C=O) groups excluding carboxylic acids is 2. The van der Waals surface area contributed by atoms with E-state index in [0.29, 0.717) is 33.6 Å². The minimum atomic E-state index is -0.357. The van der Waals surface area contributed by atoms with Crippen LogP contribution in [0.3, 0.4) is 0 Å². The number of nitrogens with one attached hydrogen (secondary N) is 2. The summed E-state index contributed by atoms with van der Waals surface area (Å²) in [5, 5.41) is 6.65. The van der Waals surface area contributed by atoms with Crippen molar-refractivity contribution in [2.24, 2.45) is 0 Å². The van der Waals surface area contributed by atoms with Gasteiger partial charge in [0.05, 0.1) is 23.7 Å². The Bertz CT molecular complexity index is 1070. The van der Waals surface area contributed by atoms with Crippen molar-refractivity contribution in [2.45, 2.75) is 18.8 Å². The molecule has 148 valence electrons. The number of aromatic nitrogens is 1. The average molecular weight is 428 g/mol. The number of aryl methyl sites for hydroxylation is 1. The van der Waals surface area contributed by atoms with E-state index >= 15 is 0 Å². The Kier molecular flexibility index (Phi) is 5.51. The van der Waals surface area contributed by atoms with E-state index in [0.717, 1.165) is 17.0 Å². The second-order valence-corrected chi connectivity index (χ2v) is 8.07. The average Bonchev–Trinajstić information content (AvgIpc) is 3.29. The molecule has 2 amide bonds. The van der Waals surface area contributed by atoms with Crippen molar-refractivity contribution < 1.29 is 14.3 Å². The van der Waals surface area contributed by atoms with Gasteiger partial charge < -0.3 is 10.1 Å². The Morgan fingerprint density at radius 3 is 2.69 bits per heavy atom. The fourth-order valence-electron chi connectivity index (χ4n) is 3.27. The predicted octanol–water partition coefficient (Wildman–Crippen LogP) is 4.73. The second-order valence-electron chi connectivity index (χ2n) is 6.58. The van der Waals surface area contributed by atoms with Crippen molar-refractivity contribution in [3.8, 4) is 5.75 Å². The molecule has 2 N–H and O–H groups in total. The number of ether oxygens (including phenoxy) is 1. The standard InChI is InChI=1S/C21H18ClN3O3S/c1-28-16-9-7-13(11-15(16)22)23-20(27)14-8-10-17-18(14)24-21(29-17)25-19(26)12-5-3-2-4-6-12/h2-7,9,11,14H,8,10H2,1H3,(H,23,27)(H,24,25,26). The largest absolute Gasteiger partial charge is 0.495 e. The molecule has 0 radical (unpaired) electrons. The first-order valence-electron chi connectivity index (χ1n) is 9.05. The molecule has 1 aromatic heterocycles. The van der Waals surface area contributed by atoms with E-state index in [1.165, 1.54) is 18.4 Å². The van der Waals surface area contributed by atoms with Crippen molar-refractivity contribution in [1.82, 2.24) is 4.98 Å². The zero-order chi connectivity index (χ0) is 20.4. The first kappa shape index (κ1) is 19.4. The first-order valence-corrected chi connectivity index (χ1v) is 10.2. The maximum absolute atomic E-state index is 12.8. The third-order valence-electron chi connectivity index (χ3n) is 4.71. The summed E-state index contributed by atoms with van der Waals surface area (Å²) in [5.74, 6) is -0.168. The van der Waals surface area contributed by atoms with Gasteiger partial charge in [0.15, 0.2) is 5.13 Å². The number of nitrogens with zero attached hydrogens (tertiary/aromatic N) is 1. The number of fused-ring (bicyclic) bond motifs is 1. The zero-order valence-corrected chi connectivity index (χ0v) is 17.1. The molecule has 0 bridgehead atoms. The van der Waals surface area contributed by atoms with Crippen LogP contribution < -0.4 is 15.4 Å². The van der Waals surface area contributed by atoms with Crippen molar-refractivity contribution in [1.29, 1.82) is 0 Å². The van der Waals surface area contributed by atoms with Crippen LogP contribution >= 0.6 is 22.9 Å². The van der Waals surface area contributed by atoms with Crippen LogP contribution in [0.1, 0.15) is 33.3 Å². The highest BCUT2D eigenvalue weighted by Crippen LogP contribution is 2.39. The molecular formula is C21H18ClN3O3S. The number of hydrogen-bond acceptors (Lipinski definition) is 5. The molecule has 6 nitrogen and oxygen atoms in total. The molecule has 1 atom stereocenters. The predicted molar refractivity (Wildman–Crippen MR) is 114 cm³/mol. The highest BCUT2D eigenvalue weighted by molar-refractivity contribution is 7.16. The maximum Gasteiger partial charge on any atom is 0.257 e. The summed E-state index contributed by atoms with van der Waals surface area (Å²) in [6, 6.07) is 14.1. The van der Waals surface area contributed by atoms with Gasteiger partial charge in [-0.25, -0.2) is 4.98 Å². The highest BCUT2D eigenvalue weighted by atomic mass is 35.5. The number of halogens is 1. The molecule has 1 unspecified atom stereocenters. The Balaban J connectivity index is 1.46. The van der Waals surface area contributed by atoms with Gasteiger partial charge in [0.2, 0.25) is 5.91 Å². The summed E-state index contributed by atoms with van der Waals surface area (Å²) in [4.78, 5) is 30.7. The molecule has 0 fully saturated rings. The topological polar surface area (TPSA) is 80.3 Å². The monoisotopic (exact) mass is 427 g/mol. The van der Waals surface area contributed by atoms with Crippen LogP contribution in [0.5, 0.6) is 5.75 Å². The molecule has 2 aromatic carbocycles. The van der Waals surface area contributed by atoms with Gasteiger partial charge in [0.1, 0.15) is 5.75 Å². The molecule has 0 spiro atoms. The fourth-order valence-corrected chi connectivity index (χ4v) is 4.56. The van der Waals surface area contributed by atoms with Crippen LogP contribution in [0.25, 0.3) is 0 Å². The number of thiazole rings is 1. The molecule has 4 rings (SSSR count). The SMILES string of the molecule is COc1ccc(NC(=O)C2CCc3sc(NC(=O)c4ccccc4)nc32)cc1Cl. The lowest BCUT2D eigenvalue weighted by Gasteiger charge is -2.12. The molecule has 0 aliphatic heterocycles. The smallest absolute Gasteiger partial charge is 0.257 e. The van der Waals surface area contributed by atoms with Crippen LogP contribution in [-0.4, -0.2) is 23.9 Å². The van der Waals surface area contributed by atoms with Gasteiger partial charge in [-0.15, -0.1) is 11.3 Å². The summed E-state index contributed by atoms with van der Waals surface area (Å²) in [7, 11) is 1.54. The molecule has 0 saturated carbocycles. The Hall–Kier alpha value is -2.90. The lowest BCUT2D eigenvalue weighted by molar-refractivity contribution is -0.117. The van der Waals surface area contributed by atoms with Gasteiger partial charge in [0, 0.05) is 16.1 Å². The zero-order valence-electron chi connectivity index (χ0n) is 15.6. The van der Waals surface area contributed by atoms with E-state index in [2.05, 4.69) is 15.6 Å². The molecule has 29 heavy (non-hydrogen) atoms. The third kappa shape index (κ3) is 4.11. The van der Waals surface area contributed by atoms with Crippen LogP contribution in [0.4, 0.5) is 10.8 Å². The third-order valence-corrected chi connectivity index (χ3v) is 6.05. The van der Waals surface area contributed by atoms with Crippen molar-refractivity contribution in [2.75, 3.05) is 17.7 Å². The second kappa shape index (κ2) is 8.23. The summed E-state index contributed by atoms with van der Waals surface area (Å²) >= 11 is 7.55. The van der Waals surface area contributed by atoms with Gasteiger partial charge in [0.25, 0.3) is 5.91 Å². The van der Waals surface area contributed by atoms with E-state index in [9.17, 15) is 9.59 Å². The Morgan fingerprint density at radius 2 is 1.97 bits per heavy atom. The van der Waals surface area contributed by atoms with Crippen molar-refractivity contribution >= 4 is 45.6 Å². The molecule has 3 aromatic rings. The number of rotatable bonds is 5. The molecule has 1 heterocycles. The highest BCUT2D eigenvalue weighted by Gasteiger charge is 2.33. The van der Waals surface area contributed by atoms with Gasteiger partial charge in [-0.2, -0.15) is 0 Å². The molecule has 1 aliphatic rings.